The number of rotatable bonds is 8. The van der Waals surface area contributed by atoms with E-state index in [4.69, 9.17) is 4.74 Å². The molecule has 4 nitrogen and oxygen atoms in total. The van der Waals surface area contributed by atoms with E-state index in [2.05, 4.69) is 26.6 Å². The van der Waals surface area contributed by atoms with Crippen LogP contribution in [-0.4, -0.2) is 26.0 Å². The van der Waals surface area contributed by atoms with Gasteiger partial charge in [0.1, 0.15) is 12.4 Å². The Morgan fingerprint density at radius 3 is 2.57 bits per heavy atom. The molecule has 0 aromatic heterocycles. The van der Waals surface area contributed by atoms with Crippen molar-refractivity contribution in [3.63, 3.8) is 0 Å². The first-order chi connectivity index (χ1) is 11.2. The minimum absolute atomic E-state index is 0.104. The lowest BCUT2D eigenvalue weighted by Gasteiger charge is -2.12. The average Bonchev–Trinajstić information content (AvgIpc) is 2.58. The zero-order chi connectivity index (χ0) is 16.5. The minimum Gasteiger partial charge on any atom is -0.488 e. The highest BCUT2D eigenvalue weighted by atomic mass is 79.9. The standard InChI is InChI=1S/C18H21BrN2O2/c1-20-11-4-12-21-18(22)16-5-2-3-6-17(16)23-13-14-7-9-15(19)10-8-14/h2-3,5-10,20H,4,11-13H2,1H3,(H,21,22). The number of hydrogen-bond acceptors (Lipinski definition) is 3. The van der Waals surface area contributed by atoms with E-state index in [1.807, 2.05) is 49.5 Å². The first kappa shape index (κ1) is 17.5. The molecule has 2 aromatic carbocycles. The van der Waals surface area contributed by atoms with Gasteiger partial charge in [-0.1, -0.05) is 40.2 Å². The van der Waals surface area contributed by atoms with Crippen LogP contribution in [0, 0.1) is 0 Å². The fourth-order valence-corrected chi connectivity index (χ4v) is 2.35. The van der Waals surface area contributed by atoms with Gasteiger partial charge in [-0.05, 0) is 49.8 Å². The van der Waals surface area contributed by atoms with Gasteiger partial charge >= 0.3 is 0 Å². The summed E-state index contributed by atoms with van der Waals surface area (Å²) in [5, 5.41) is 5.97. The normalized spacial score (nSPS) is 10.3. The van der Waals surface area contributed by atoms with Gasteiger partial charge in [0, 0.05) is 11.0 Å². The molecular formula is C18H21BrN2O2. The Morgan fingerprint density at radius 2 is 1.83 bits per heavy atom. The lowest BCUT2D eigenvalue weighted by molar-refractivity contribution is 0.0948. The highest BCUT2D eigenvalue weighted by Crippen LogP contribution is 2.20. The molecular weight excluding hydrogens is 356 g/mol. The Kier molecular flexibility index (Phi) is 7.10. The lowest BCUT2D eigenvalue weighted by Crippen LogP contribution is -2.27. The van der Waals surface area contributed by atoms with Crippen LogP contribution >= 0.6 is 15.9 Å². The third-order valence-corrected chi connectivity index (χ3v) is 3.86. The number of amides is 1. The predicted molar refractivity (Wildman–Crippen MR) is 95.8 cm³/mol. The van der Waals surface area contributed by atoms with E-state index in [1.165, 1.54) is 0 Å². The molecule has 0 aliphatic carbocycles. The average molecular weight is 377 g/mol. The van der Waals surface area contributed by atoms with Crippen molar-refractivity contribution in [2.75, 3.05) is 20.1 Å². The summed E-state index contributed by atoms with van der Waals surface area (Å²) in [6.45, 7) is 1.94. The predicted octanol–water partition coefficient (Wildman–Crippen LogP) is 3.37. The zero-order valence-electron chi connectivity index (χ0n) is 13.1. The van der Waals surface area contributed by atoms with Crippen LogP contribution in [0.25, 0.3) is 0 Å². The maximum absolute atomic E-state index is 12.3. The van der Waals surface area contributed by atoms with Gasteiger partial charge in [0.25, 0.3) is 5.91 Å². The largest absolute Gasteiger partial charge is 0.488 e. The second-order valence-electron chi connectivity index (χ2n) is 5.12. The third kappa shape index (κ3) is 5.69. The van der Waals surface area contributed by atoms with Crippen molar-refractivity contribution >= 4 is 21.8 Å². The van der Waals surface area contributed by atoms with Crippen LogP contribution in [0.5, 0.6) is 5.75 Å². The number of benzene rings is 2. The first-order valence-corrected chi connectivity index (χ1v) is 8.39. The summed E-state index contributed by atoms with van der Waals surface area (Å²) in [5.41, 5.74) is 1.62. The van der Waals surface area contributed by atoms with Gasteiger partial charge in [-0.2, -0.15) is 0 Å². The number of nitrogens with one attached hydrogen (secondary N) is 2. The molecule has 1 amide bonds. The summed E-state index contributed by atoms with van der Waals surface area (Å²) in [5.74, 6) is 0.494. The van der Waals surface area contributed by atoms with Crippen LogP contribution in [0.3, 0.4) is 0 Å². The maximum Gasteiger partial charge on any atom is 0.255 e. The fraction of sp³-hybridized carbons (Fsp3) is 0.278. The molecule has 122 valence electrons. The summed E-state index contributed by atoms with van der Waals surface area (Å²) >= 11 is 3.41. The molecule has 0 bridgehead atoms. The Bertz CT molecular complexity index is 629. The van der Waals surface area contributed by atoms with Crippen molar-refractivity contribution in [1.29, 1.82) is 0 Å². The Hall–Kier alpha value is -1.85. The molecule has 0 unspecified atom stereocenters. The van der Waals surface area contributed by atoms with Crippen molar-refractivity contribution in [2.24, 2.45) is 0 Å². The van der Waals surface area contributed by atoms with Gasteiger partial charge < -0.3 is 15.4 Å². The van der Waals surface area contributed by atoms with Crippen LogP contribution < -0.4 is 15.4 Å². The number of halogens is 1. The molecule has 2 rings (SSSR count). The SMILES string of the molecule is CNCCCNC(=O)c1ccccc1OCc1ccc(Br)cc1. The van der Waals surface area contributed by atoms with Crippen LogP contribution in [0.2, 0.25) is 0 Å². The van der Waals surface area contributed by atoms with Crippen LogP contribution in [-0.2, 0) is 6.61 Å². The molecule has 0 radical (unpaired) electrons. The van der Waals surface area contributed by atoms with Crippen LogP contribution in [0.15, 0.2) is 53.0 Å². The highest BCUT2D eigenvalue weighted by molar-refractivity contribution is 9.10. The van der Waals surface area contributed by atoms with Crippen molar-refractivity contribution in [3.8, 4) is 5.75 Å². The second kappa shape index (κ2) is 9.33. The number of hydrogen-bond donors (Lipinski definition) is 2. The molecule has 0 saturated carbocycles. The summed E-state index contributed by atoms with van der Waals surface area (Å²) in [6, 6.07) is 15.2. The smallest absolute Gasteiger partial charge is 0.255 e. The molecule has 2 N–H and O–H groups in total. The first-order valence-electron chi connectivity index (χ1n) is 7.60. The molecule has 5 heteroatoms. The minimum atomic E-state index is -0.104. The zero-order valence-corrected chi connectivity index (χ0v) is 14.7. The Morgan fingerprint density at radius 1 is 1.09 bits per heavy atom. The monoisotopic (exact) mass is 376 g/mol. The van der Waals surface area contributed by atoms with E-state index in [1.54, 1.807) is 6.07 Å². The summed E-state index contributed by atoms with van der Waals surface area (Å²) in [7, 11) is 1.90. The van der Waals surface area contributed by atoms with Crippen molar-refractivity contribution in [3.05, 3.63) is 64.1 Å². The van der Waals surface area contributed by atoms with Crippen molar-refractivity contribution < 1.29 is 9.53 Å². The number of carbonyl (C=O) groups excluding carboxylic acids is 1. The molecule has 0 saturated heterocycles. The van der Waals surface area contributed by atoms with Crippen LogP contribution in [0.4, 0.5) is 0 Å². The van der Waals surface area contributed by atoms with Gasteiger partial charge in [0.15, 0.2) is 0 Å². The van der Waals surface area contributed by atoms with Gasteiger partial charge in [0.2, 0.25) is 0 Å². The van der Waals surface area contributed by atoms with Crippen molar-refractivity contribution in [2.45, 2.75) is 13.0 Å². The molecule has 0 spiro atoms. The van der Waals surface area contributed by atoms with E-state index >= 15 is 0 Å². The Balaban J connectivity index is 1.96. The van der Waals surface area contributed by atoms with Crippen molar-refractivity contribution in [1.82, 2.24) is 10.6 Å². The highest BCUT2D eigenvalue weighted by Gasteiger charge is 2.11. The van der Waals surface area contributed by atoms with Crippen LogP contribution in [0.1, 0.15) is 22.3 Å². The van der Waals surface area contributed by atoms with Gasteiger partial charge in [-0.25, -0.2) is 0 Å². The van der Waals surface area contributed by atoms with E-state index in [0.717, 1.165) is 23.0 Å². The molecule has 0 fully saturated rings. The molecule has 0 heterocycles. The van der Waals surface area contributed by atoms with E-state index < -0.39 is 0 Å². The summed E-state index contributed by atoms with van der Waals surface area (Å²) in [4.78, 5) is 12.3. The molecule has 0 aliphatic rings. The number of carbonyl (C=O) groups is 1. The molecule has 0 atom stereocenters. The quantitative estimate of drug-likeness (QED) is 0.694. The van der Waals surface area contributed by atoms with Gasteiger partial charge in [-0.3, -0.25) is 4.79 Å². The topological polar surface area (TPSA) is 50.4 Å². The lowest BCUT2D eigenvalue weighted by atomic mass is 10.2. The van der Waals surface area contributed by atoms with E-state index in [9.17, 15) is 4.79 Å². The third-order valence-electron chi connectivity index (χ3n) is 3.33. The maximum atomic E-state index is 12.3. The Labute approximate surface area is 145 Å². The molecule has 0 aliphatic heterocycles. The number of para-hydroxylation sites is 1. The van der Waals surface area contributed by atoms with E-state index in [0.29, 0.717) is 24.5 Å². The molecule has 2 aromatic rings. The van der Waals surface area contributed by atoms with Gasteiger partial charge in [-0.15, -0.1) is 0 Å². The fourth-order valence-electron chi connectivity index (χ4n) is 2.08. The van der Waals surface area contributed by atoms with E-state index in [-0.39, 0.29) is 5.91 Å². The summed E-state index contributed by atoms with van der Waals surface area (Å²) < 4.78 is 6.85. The van der Waals surface area contributed by atoms with Gasteiger partial charge in [0.05, 0.1) is 5.56 Å². The second-order valence-corrected chi connectivity index (χ2v) is 6.04. The summed E-state index contributed by atoms with van der Waals surface area (Å²) in [6.07, 6.45) is 0.893. The molecule has 23 heavy (non-hydrogen) atoms. The number of ether oxygens (including phenoxy) is 1.